The molecule has 0 unspecified atom stereocenters. The van der Waals surface area contributed by atoms with Crippen molar-refractivity contribution in [3.63, 3.8) is 0 Å². The lowest BCUT2D eigenvalue weighted by atomic mass is 10.2. The minimum atomic E-state index is 0.408. The number of hydrogen-bond acceptors (Lipinski definition) is 5. The Labute approximate surface area is 110 Å². The number of pyridine rings is 1. The predicted molar refractivity (Wildman–Crippen MR) is 78.7 cm³/mol. The largest absolute Gasteiger partial charge is 0.396 e. The summed E-state index contributed by atoms with van der Waals surface area (Å²) in [5.74, 6) is 1.89. The maximum absolute atomic E-state index is 5.77. The van der Waals surface area contributed by atoms with Gasteiger partial charge in [-0.15, -0.1) is 0 Å². The summed E-state index contributed by atoms with van der Waals surface area (Å²) in [7, 11) is 4.14. The van der Waals surface area contributed by atoms with E-state index in [1.807, 2.05) is 12.1 Å². The molecule has 1 aromatic rings. The molecular formula is C13H25N5. The van der Waals surface area contributed by atoms with Gasteiger partial charge in [-0.05, 0) is 32.1 Å². The molecule has 0 fully saturated rings. The van der Waals surface area contributed by atoms with Gasteiger partial charge >= 0.3 is 0 Å². The van der Waals surface area contributed by atoms with Crippen LogP contribution in [0.5, 0.6) is 0 Å². The highest BCUT2D eigenvalue weighted by Crippen LogP contribution is 2.19. The van der Waals surface area contributed by atoms with Crippen LogP contribution in [0.1, 0.15) is 13.8 Å². The Morgan fingerprint density at radius 3 is 2.33 bits per heavy atom. The Hall–Kier alpha value is -1.49. The quantitative estimate of drug-likeness (QED) is 0.796. The Morgan fingerprint density at radius 2 is 1.83 bits per heavy atom. The van der Waals surface area contributed by atoms with Crippen molar-refractivity contribution in [2.45, 2.75) is 13.8 Å². The molecule has 0 saturated heterocycles. The van der Waals surface area contributed by atoms with E-state index in [-0.39, 0.29) is 0 Å². The van der Waals surface area contributed by atoms with Crippen LogP contribution in [0.4, 0.5) is 17.3 Å². The van der Waals surface area contributed by atoms with Crippen molar-refractivity contribution < 1.29 is 0 Å². The van der Waals surface area contributed by atoms with Gasteiger partial charge < -0.3 is 21.3 Å². The van der Waals surface area contributed by atoms with Crippen LogP contribution in [-0.4, -0.2) is 43.6 Å². The summed E-state index contributed by atoms with van der Waals surface area (Å²) in [5.41, 5.74) is 12.0. The van der Waals surface area contributed by atoms with Crippen LogP contribution in [0.3, 0.4) is 0 Å². The lowest BCUT2D eigenvalue weighted by Crippen LogP contribution is -2.35. The number of nitrogens with zero attached hydrogens (tertiary/aromatic N) is 3. The highest BCUT2D eigenvalue weighted by molar-refractivity contribution is 5.62. The van der Waals surface area contributed by atoms with Crippen LogP contribution in [0.25, 0.3) is 0 Å². The van der Waals surface area contributed by atoms with E-state index in [9.17, 15) is 0 Å². The van der Waals surface area contributed by atoms with E-state index in [0.717, 1.165) is 25.5 Å². The number of nitrogens with two attached hydrogens (primary N) is 2. The van der Waals surface area contributed by atoms with Gasteiger partial charge in [-0.2, -0.15) is 0 Å². The Bertz CT molecular complexity index is 376. The van der Waals surface area contributed by atoms with E-state index in [4.69, 9.17) is 11.5 Å². The number of hydrogen-bond donors (Lipinski definition) is 2. The fraction of sp³-hybridized carbons (Fsp3) is 0.615. The SMILES string of the molecule is CC(C)CN(CCN(C)C)c1ccc(N)c(N)n1. The van der Waals surface area contributed by atoms with Crippen LogP contribution >= 0.6 is 0 Å². The molecule has 0 atom stereocenters. The molecule has 0 bridgehead atoms. The van der Waals surface area contributed by atoms with Gasteiger partial charge in [-0.3, -0.25) is 0 Å². The highest BCUT2D eigenvalue weighted by atomic mass is 15.2. The maximum atomic E-state index is 5.77. The Kier molecular flexibility index (Phi) is 5.22. The second kappa shape index (κ2) is 6.44. The van der Waals surface area contributed by atoms with E-state index in [1.165, 1.54) is 0 Å². The maximum Gasteiger partial charge on any atom is 0.149 e. The minimum absolute atomic E-state index is 0.408. The second-order valence-electron chi connectivity index (χ2n) is 5.29. The van der Waals surface area contributed by atoms with Crippen LogP contribution in [0.15, 0.2) is 12.1 Å². The summed E-state index contributed by atoms with van der Waals surface area (Å²) in [6.07, 6.45) is 0. The fourth-order valence-electron chi connectivity index (χ4n) is 1.71. The molecule has 5 nitrogen and oxygen atoms in total. The van der Waals surface area contributed by atoms with Gasteiger partial charge in [0.05, 0.1) is 5.69 Å². The highest BCUT2D eigenvalue weighted by Gasteiger charge is 2.11. The molecule has 0 aliphatic rings. The fourth-order valence-corrected chi connectivity index (χ4v) is 1.71. The first-order chi connectivity index (χ1) is 8.40. The van der Waals surface area contributed by atoms with Crippen LogP contribution in [-0.2, 0) is 0 Å². The molecule has 102 valence electrons. The number of anilines is 3. The van der Waals surface area contributed by atoms with Gasteiger partial charge in [-0.1, -0.05) is 13.8 Å². The molecule has 18 heavy (non-hydrogen) atoms. The first-order valence-corrected chi connectivity index (χ1v) is 6.31. The molecule has 1 rings (SSSR count). The molecular weight excluding hydrogens is 226 g/mol. The molecule has 0 radical (unpaired) electrons. The van der Waals surface area contributed by atoms with Gasteiger partial charge in [0.15, 0.2) is 0 Å². The Balaban J connectivity index is 2.83. The summed E-state index contributed by atoms with van der Waals surface area (Å²) < 4.78 is 0. The van der Waals surface area contributed by atoms with Crippen molar-refractivity contribution in [2.24, 2.45) is 5.92 Å². The normalized spacial score (nSPS) is 11.2. The van der Waals surface area contributed by atoms with Crippen molar-refractivity contribution in [3.05, 3.63) is 12.1 Å². The van der Waals surface area contributed by atoms with Crippen molar-refractivity contribution in [1.29, 1.82) is 0 Å². The standard InChI is InChI=1S/C13H25N5/c1-10(2)9-18(8-7-17(3)4)12-6-5-11(14)13(15)16-12/h5-6,10H,7-9,14H2,1-4H3,(H2,15,16). The zero-order valence-electron chi connectivity index (χ0n) is 11.8. The number of aromatic nitrogens is 1. The summed E-state index contributed by atoms with van der Waals surface area (Å²) >= 11 is 0. The lowest BCUT2D eigenvalue weighted by Gasteiger charge is -2.27. The summed E-state index contributed by atoms with van der Waals surface area (Å²) in [6, 6.07) is 3.75. The van der Waals surface area contributed by atoms with E-state index < -0.39 is 0 Å². The third-order valence-corrected chi connectivity index (χ3v) is 2.67. The molecule has 0 aliphatic carbocycles. The predicted octanol–water partition coefficient (Wildman–Crippen LogP) is 1.27. The van der Waals surface area contributed by atoms with Crippen LogP contribution in [0.2, 0.25) is 0 Å². The summed E-state index contributed by atoms with van der Waals surface area (Å²) in [4.78, 5) is 8.78. The van der Waals surface area contributed by atoms with Gasteiger partial charge in [0, 0.05) is 19.6 Å². The van der Waals surface area contributed by atoms with Crippen molar-refractivity contribution in [2.75, 3.05) is 50.1 Å². The summed E-state index contributed by atoms with van der Waals surface area (Å²) in [5, 5.41) is 0. The second-order valence-corrected chi connectivity index (χ2v) is 5.29. The topological polar surface area (TPSA) is 71.4 Å². The minimum Gasteiger partial charge on any atom is -0.396 e. The first-order valence-electron chi connectivity index (χ1n) is 6.31. The number of likely N-dealkylation sites (N-methyl/N-ethyl adjacent to an activating group) is 1. The monoisotopic (exact) mass is 251 g/mol. The number of nitrogen functional groups attached to an aromatic ring is 2. The molecule has 0 spiro atoms. The van der Waals surface area contributed by atoms with Gasteiger partial charge in [-0.25, -0.2) is 4.98 Å². The molecule has 0 aromatic carbocycles. The van der Waals surface area contributed by atoms with Crippen molar-refractivity contribution in [1.82, 2.24) is 9.88 Å². The number of rotatable bonds is 6. The zero-order valence-corrected chi connectivity index (χ0v) is 11.8. The van der Waals surface area contributed by atoms with E-state index >= 15 is 0 Å². The van der Waals surface area contributed by atoms with Gasteiger partial charge in [0.1, 0.15) is 11.6 Å². The molecule has 0 amide bonds. The van der Waals surface area contributed by atoms with Crippen molar-refractivity contribution in [3.8, 4) is 0 Å². The molecule has 1 aromatic heterocycles. The Morgan fingerprint density at radius 1 is 1.17 bits per heavy atom. The zero-order chi connectivity index (χ0) is 13.7. The third-order valence-electron chi connectivity index (χ3n) is 2.67. The van der Waals surface area contributed by atoms with E-state index in [1.54, 1.807) is 0 Å². The van der Waals surface area contributed by atoms with Crippen LogP contribution in [0, 0.1) is 5.92 Å². The lowest BCUT2D eigenvalue weighted by molar-refractivity contribution is 0.408. The molecule has 1 heterocycles. The van der Waals surface area contributed by atoms with E-state index in [2.05, 4.69) is 42.7 Å². The summed E-state index contributed by atoms with van der Waals surface area (Å²) in [6.45, 7) is 7.27. The first kappa shape index (κ1) is 14.6. The van der Waals surface area contributed by atoms with Gasteiger partial charge in [0.25, 0.3) is 0 Å². The van der Waals surface area contributed by atoms with Gasteiger partial charge in [0.2, 0.25) is 0 Å². The van der Waals surface area contributed by atoms with Crippen molar-refractivity contribution >= 4 is 17.3 Å². The van der Waals surface area contributed by atoms with Crippen LogP contribution < -0.4 is 16.4 Å². The average molecular weight is 251 g/mol. The third kappa shape index (κ3) is 4.41. The average Bonchev–Trinajstić information content (AvgIpc) is 2.27. The smallest absolute Gasteiger partial charge is 0.149 e. The van der Waals surface area contributed by atoms with E-state index in [0.29, 0.717) is 17.4 Å². The molecule has 0 saturated carbocycles. The molecule has 5 heteroatoms. The molecule has 0 aliphatic heterocycles. The molecule has 4 N–H and O–H groups in total.